The van der Waals surface area contributed by atoms with Crippen molar-refractivity contribution in [1.82, 2.24) is 9.80 Å². The zero-order valence-electron chi connectivity index (χ0n) is 20.8. The molecule has 186 valence electrons. The van der Waals surface area contributed by atoms with Crippen LogP contribution in [0.2, 0.25) is 5.02 Å². The molecule has 3 aromatic rings. The van der Waals surface area contributed by atoms with Crippen LogP contribution in [0, 0.1) is 0 Å². The van der Waals surface area contributed by atoms with Crippen molar-refractivity contribution in [1.29, 1.82) is 0 Å². The van der Waals surface area contributed by atoms with E-state index in [1.165, 1.54) is 35.5 Å². The lowest BCUT2D eigenvalue weighted by molar-refractivity contribution is 0.242. The van der Waals surface area contributed by atoms with Gasteiger partial charge >= 0.3 is 0 Å². The minimum absolute atomic E-state index is 0.815. The fraction of sp³-hybridized carbons (Fsp3) is 0.379. The van der Waals surface area contributed by atoms with Crippen LogP contribution in [0.3, 0.4) is 0 Å². The van der Waals surface area contributed by atoms with E-state index in [1.807, 2.05) is 24.3 Å². The van der Waals surface area contributed by atoms with Crippen LogP contribution in [-0.2, 0) is 6.54 Å². The van der Waals surface area contributed by atoms with Gasteiger partial charge in [-0.3, -0.25) is 4.90 Å². The topological polar surface area (TPSA) is 19.0 Å². The standard InChI is InChI=1S/C29H36ClN3OS/c1-31(23-24-10-3-5-14-28(24)35-29-15-6-4-13-27(29)34-2)16-7-8-17-32-18-20-33(21-19-32)26-12-9-11-25(30)22-26/h3-6,9-15,22H,7-8,16-21,23H2,1-2H3. The molecule has 0 aromatic heterocycles. The third-order valence-corrected chi connectivity index (χ3v) is 7.92. The summed E-state index contributed by atoms with van der Waals surface area (Å²) in [5.41, 5.74) is 2.60. The van der Waals surface area contributed by atoms with Gasteiger partial charge in [0.2, 0.25) is 0 Å². The van der Waals surface area contributed by atoms with Crippen LogP contribution in [0.15, 0.2) is 82.6 Å². The van der Waals surface area contributed by atoms with Crippen molar-refractivity contribution in [3.8, 4) is 5.75 Å². The summed E-state index contributed by atoms with van der Waals surface area (Å²) in [5.74, 6) is 0.925. The average Bonchev–Trinajstić information content (AvgIpc) is 2.88. The van der Waals surface area contributed by atoms with Gasteiger partial charge in [-0.2, -0.15) is 0 Å². The Morgan fingerprint density at radius 2 is 1.63 bits per heavy atom. The minimum atomic E-state index is 0.815. The summed E-state index contributed by atoms with van der Waals surface area (Å²) in [6.07, 6.45) is 2.45. The highest BCUT2D eigenvalue weighted by Gasteiger charge is 2.17. The molecule has 1 saturated heterocycles. The Labute approximate surface area is 219 Å². The molecule has 0 unspecified atom stereocenters. The second kappa shape index (κ2) is 13.2. The first-order valence-electron chi connectivity index (χ1n) is 12.4. The molecule has 35 heavy (non-hydrogen) atoms. The summed E-state index contributed by atoms with van der Waals surface area (Å²) < 4.78 is 5.54. The number of piperazine rings is 1. The smallest absolute Gasteiger partial charge is 0.132 e. The molecule has 0 N–H and O–H groups in total. The molecule has 0 bridgehead atoms. The molecule has 0 saturated carbocycles. The van der Waals surface area contributed by atoms with Crippen LogP contribution >= 0.6 is 23.4 Å². The monoisotopic (exact) mass is 509 g/mol. The molecule has 4 nitrogen and oxygen atoms in total. The third kappa shape index (κ3) is 7.65. The number of hydrogen-bond donors (Lipinski definition) is 0. The van der Waals surface area contributed by atoms with E-state index in [2.05, 4.69) is 70.3 Å². The summed E-state index contributed by atoms with van der Waals surface area (Å²) in [5, 5.41) is 0.815. The summed E-state index contributed by atoms with van der Waals surface area (Å²) in [6, 6.07) is 25.1. The highest BCUT2D eigenvalue weighted by atomic mass is 35.5. The highest BCUT2D eigenvalue weighted by molar-refractivity contribution is 7.99. The van der Waals surface area contributed by atoms with Gasteiger partial charge in [-0.1, -0.05) is 59.8 Å². The van der Waals surface area contributed by atoms with Gasteiger partial charge in [0.15, 0.2) is 0 Å². The lowest BCUT2D eigenvalue weighted by Crippen LogP contribution is -2.46. The molecule has 0 spiro atoms. The van der Waals surface area contributed by atoms with Gasteiger partial charge in [0.25, 0.3) is 0 Å². The maximum absolute atomic E-state index is 6.16. The predicted molar refractivity (Wildman–Crippen MR) is 149 cm³/mol. The van der Waals surface area contributed by atoms with Crippen LogP contribution in [0.5, 0.6) is 5.75 Å². The van der Waals surface area contributed by atoms with Gasteiger partial charge in [-0.25, -0.2) is 0 Å². The van der Waals surface area contributed by atoms with Crippen molar-refractivity contribution < 1.29 is 4.74 Å². The van der Waals surface area contributed by atoms with E-state index < -0.39 is 0 Å². The Bertz CT molecular complexity index is 1070. The molecule has 0 amide bonds. The Hall–Kier alpha value is -2.18. The van der Waals surface area contributed by atoms with Crippen molar-refractivity contribution in [2.24, 2.45) is 0 Å². The molecule has 0 aliphatic carbocycles. The molecule has 3 aromatic carbocycles. The molecule has 6 heteroatoms. The number of ether oxygens (including phenoxy) is 1. The molecule has 0 atom stereocenters. The van der Waals surface area contributed by atoms with E-state index in [9.17, 15) is 0 Å². The van der Waals surface area contributed by atoms with Gasteiger partial charge in [0, 0.05) is 48.3 Å². The first-order chi connectivity index (χ1) is 17.1. The van der Waals surface area contributed by atoms with Gasteiger partial charge in [-0.05, 0) is 74.9 Å². The van der Waals surface area contributed by atoms with Crippen LogP contribution in [0.25, 0.3) is 0 Å². The average molecular weight is 510 g/mol. The Balaban J connectivity index is 1.19. The molecule has 4 rings (SSSR count). The Morgan fingerprint density at radius 1 is 0.886 bits per heavy atom. The molecule has 1 aliphatic rings. The highest BCUT2D eigenvalue weighted by Crippen LogP contribution is 2.36. The Kier molecular flexibility index (Phi) is 9.78. The zero-order chi connectivity index (χ0) is 24.5. The van der Waals surface area contributed by atoms with Gasteiger partial charge < -0.3 is 14.5 Å². The number of para-hydroxylation sites is 1. The van der Waals surface area contributed by atoms with Gasteiger partial charge in [-0.15, -0.1) is 0 Å². The van der Waals surface area contributed by atoms with Gasteiger partial charge in [0.1, 0.15) is 5.75 Å². The van der Waals surface area contributed by atoms with Crippen molar-refractivity contribution in [3.05, 3.63) is 83.4 Å². The quantitative estimate of drug-likeness (QED) is 0.273. The fourth-order valence-corrected chi connectivity index (χ4v) is 5.78. The lowest BCUT2D eigenvalue weighted by atomic mass is 10.2. The van der Waals surface area contributed by atoms with E-state index >= 15 is 0 Å². The van der Waals surface area contributed by atoms with Crippen LogP contribution in [-0.4, -0.2) is 63.2 Å². The zero-order valence-corrected chi connectivity index (χ0v) is 22.4. The van der Waals surface area contributed by atoms with E-state index in [0.717, 1.165) is 54.9 Å². The molecule has 0 radical (unpaired) electrons. The number of hydrogen-bond acceptors (Lipinski definition) is 5. The number of halogens is 1. The minimum Gasteiger partial charge on any atom is -0.496 e. The van der Waals surface area contributed by atoms with E-state index in [0.29, 0.717) is 0 Å². The second-order valence-electron chi connectivity index (χ2n) is 9.11. The van der Waals surface area contributed by atoms with E-state index in [1.54, 1.807) is 18.9 Å². The number of benzene rings is 3. The molecule has 1 heterocycles. The number of anilines is 1. The van der Waals surface area contributed by atoms with Crippen molar-refractivity contribution in [2.75, 3.05) is 58.3 Å². The SMILES string of the molecule is COc1ccccc1Sc1ccccc1CN(C)CCCCN1CCN(c2cccc(Cl)c2)CC1. The predicted octanol–water partition coefficient (Wildman–Crippen LogP) is 6.53. The van der Waals surface area contributed by atoms with Crippen LogP contribution < -0.4 is 9.64 Å². The van der Waals surface area contributed by atoms with Crippen molar-refractivity contribution in [3.63, 3.8) is 0 Å². The van der Waals surface area contributed by atoms with Crippen LogP contribution in [0.1, 0.15) is 18.4 Å². The second-order valence-corrected chi connectivity index (χ2v) is 10.6. The largest absolute Gasteiger partial charge is 0.496 e. The maximum atomic E-state index is 6.16. The molecular formula is C29H36ClN3OS. The van der Waals surface area contributed by atoms with E-state index in [-0.39, 0.29) is 0 Å². The summed E-state index contributed by atoms with van der Waals surface area (Å²) in [7, 11) is 3.96. The molecular weight excluding hydrogens is 474 g/mol. The lowest BCUT2D eigenvalue weighted by Gasteiger charge is -2.36. The number of unbranched alkanes of at least 4 members (excludes halogenated alkanes) is 1. The molecule has 1 aliphatic heterocycles. The first kappa shape index (κ1) is 25.9. The number of methoxy groups -OCH3 is 1. The maximum Gasteiger partial charge on any atom is 0.132 e. The van der Waals surface area contributed by atoms with Crippen molar-refractivity contribution in [2.45, 2.75) is 29.2 Å². The Morgan fingerprint density at radius 3 is 2.40 bits per heavy atom. The van der Waals surface area contributed by atoms with Crippen molar-refractivity contribution >= 4 is 29.1 Å². The summed E-state index contributed by atoms with van der Waals surface area (Å²) in [6.45, 7) is 7.62. The molecule has 1 fully saturated rings. The van der Waals surface area contributed by atoms with Crippen LogP contribution in [0.4, 0.5) is 5.69 Å². The number of nitrogens with zero attached hydrogens (tertiary/aromatic N) is 3. The van der Waals surface area contributed by atoms with E-state index in [4.69, 9.17) is 16.3 Å². The fourth-order valence-electron chi connectivity index (χ4n) is 4.55. The summed E-state index contributed by atoms with van der Waals surface area (Å²) in [4.78, 5) is 9.93. The number of rotatable bonds is 11. The third-order valence-electron chi connectivity index (χ3n) is 6.51. The normalized spacial score (nSPS) is 14.5. The summed E-state index contributed by atoms with van der Waals surface area (Å²) >= 11 is 7.95. The van der Waals surface area contributed by atoms with Gasteiger partial charge in [0.05, 0.1) is 12.0 Å². The first-order valence-corrected chi connectivity index (χ1v) is 13.6.